The van der Waals surface area contributed by atoms with Crippen LogP contribution in [0.2, 0.25) is 0 Å². The van der Waals surface area contributed by atoms with Gasteiger partial charge in [0.05, 0.1) is 11.7 Å². The molecule has 1 nitrogen and oxygen atoms in total. The van der Waals surface area contributed by atoms with Gasteiger partial charge in [0.1, 0.15) is 0 Å². The molecule has 0 aliphatic carbocycles. The largest absolute Gasteiger partial charge is 0.371 e. The average molecular weight is 182 g/mol. The summed E-state index contributed by atoms with van der Waals surface area (Å²) in [6.07, 6.45) is 8.52. The van der Waals surface area contributed by atoms with Crippen molar-refractivity contribution in [2.24, 2.45) is 5.41 Å². The maximum atomic E-state index is 6.27. The van der Waals surface area contributed by atoms with Gasteiger partial charge in [0, 0.05) is 0 Å². The highest BCUT2D eigenvalue weighted by atomic mass is 16.5. The molecule has 0 amide bonds. The zero-order chi connectivity index (χ0) is 9.53. The fourth-order valence-corrected chi connectivity index (χ4v) is 2.98. The monoisotopic (exact) mass is 182 g/mol. The molecule has 0 saturated carbocycles. The van der Waals surface area contributed by atoms with Crippen LogP contribution in [0.25, 0.3) is 0 Å². The van der Waals surface area contributed by atoms with Gasteiger partial charge in [0.15, 0.2) is 0 Å². The molecular formula is C12H22O. The first kappa shape index (κ1) is 9.51. The molecule has 13 heavy (non-hydrogen) atoms. The van der Waals surface area contributed by atoms with Gasteiger partial charge in [-0.2, -0.15) is 0 Å². The van der Waals surface area contributed by atoms with Crippen molar-refractivity contribution >= 4 is 0 Å². The maximum absolute atomic E-state index is 6.27. The van der Waals surface area contributed by atoms with Crippen molar-refractivity contribution in [2.45, 2.75) is 71.0 Å². The topological polar surface area (TPSA) is 9.23 Å². The summed E-state index contributed by atoms with van der Waals surface area (Å²) >= 11 is 0. The second-order valence-electron chi connectivity index (χ2n) is 5.77. The van der Waals surface area contributed by atoms with Crippen molar-refractivity contribution in [1.82, 2.24) is 0 Å². The number of rotatable bonds is 0. The Morgan fingerprint density at radius 3 is 2.00 bits per heavy atom. The summed E-state index contributed by atoms with van der Waals surface area (Å²) in [5.74, 6) is 0. The van der Waals surface area contributed by atoms with Crippen molar-refractivity contribution in [2.75, 3.05) is 0 Å². The Morgan fingerprint density at radius 2 is 1.62 bits per heavy atom. The summed E-state index contributed by atoms with van der Waals surface area (Å²) in [6.45, 7) is 7.00. The van der Waals surface area contributed by atoms with Crippen LogP contribution < -0.4 is 0 Å². The first-order valence-corrected chi connectivity index (χ1v) is 5.71. The molecule has 0 N–H and O–H groups in total. The van der Waals surface area contributed by atoms with E-state index in [1.807, 2.05) is 0 Å². The molecule has 0 aromatic carbocycles. The van der Waals surface area contributed by atoms with Crippen molar-refractivity contribution in [1.29, 1.82) is 0 Å². The summed E-state index contributed by atoms with van der Waals surface area (Å²) in [5, 5.41) is 0. The normalized spacial score (nSPS) is 40.4. The molecule has 2 rings (SSSR count). The van der Waals surface area contributed by atoms with Gasteiger partial charge in [0.25, 0.3) is 0 Å². The lowest BCUT2D eigenvalue weighted by atomic mass is 9.67. The summed E-state index contributed by atoms with van der Waals surface area (Å²) in [4.78, 5) is 0. The predicted octanol–water partition coefficient (Wildman–Crippen LogP) is 3.52. The van der Waals surface area contributed by atoms with Gasteiger partial charge in [-0.1, -0.05) is 20.8 Å². The Balaban J connectivity index is 2.19. The van der Waals surface area contributed by atoms with Crippen LogP contribution in [0.4, 0.5) is 0 Å². The number of hydrogen-bond donors (Lipinski definition) is 0. The van der Waals surface area contributed by atoms with Crippen molar-refractivity contribution < 1.29 is 4.74 Å². The van der Waals surface area contributed by atoms with Crippen LogP contribution in [-0.2, 0) is 4.74 Å². The fourth-order valence-electron chi connectivity index (χ4n) is 2.98. The van der Waals surface area contributed by atoms with Crippen LogP contribution >= 0.6 is 0 Å². The minimum atomic E-state index is 0.216. The molecule has 0 atom stereocenters. The average Bonchev–Trinajstić information content (AvgIpc) is 2.02. The van der Waals surface area contributed by atoms with Crippen LogP contribution in [0, 0.1) is 5.41 Å². The number of fused-ring (bicyclic) bond motifs is 2. The Hall–Kier alpha value is -0.0400. The van der Waals surface area contributed by atoms with Crippen LogP contribution in [0.5, 0.6) is 0 Å². The van der Waals surface area contributed by atoms with E-state index >= 15 is 0 Å². The van der Waals surface area contributed by atoms with Gasteiger partial charge in [-0.05, 0) is 43.9 Å². The molecule has 2 aliphatic heterocycles. The molecule has 2 aliphatic rings. The fraction of sp³-hybridized carbons (Fsp3) is 1.00. The Bertz CT molecular complexity index is 180. The van der Waals surface area contributed by atoms with E-state index in [9.17, 15) is 0 Å². The van der Waals surface area contributed by atoms with Crippen LogP contribution in [0.15, 0.2) is 0 Å². The first-order valence-electron chi connectivity index (χ1n) is 5.71. The molecule has 76 valence electrons. The van der Waals surface area contributed by atoms with E-state index in [1.54, 1.807) is 0 Å². The SMILES string of the molecule is CC(C)(C)C12CCCC(CCC1)O2. The Labute approximate surface area is 81.9 Å². The van der Waals surface area contributed by atoms with Gasteiger partial charge in [-0.15, -0.1) is 0 Å². The molecule has 0 spiro atoms. The highest BCUT2D eigenvalue weighted by molar-refractivity contribution is 4.98. The molecule has 0 aromatic heterocycles. The third kappa shape index (κ3) is 1.52. The van der Waals surface area contributed by atoms with E-state index in [4.69, 9.17) is 4.74 Å². The highest BCUT2D eigenvalue weighted by Gasteiger charge is 2.47. The van der Waals surface area contributed by atoms with Gasteiger partial charge < -0.3 is 4.74 Å². The third-order valence-corrected chi connectivity index (χ3v) is 3.97. The number of ether oxygens (including phenoxy) is 1. The second kappa shape index (κ2) is 2.98. The molecule has 0 aromatic rings. The van der Waals surface area contributed by atoms with E-state index in [0.29, 0.717) is 11.5 Å². The standard InChI is InChI=1S/C12H22O/c1-11(2,3)12-8-4-6-10(13-12)7-5-9-12/h10H,4-9H2,1-3H3. The molecule has 0 radical (unpaired) electrons. The van der Waals surface area contributed by atoms with Crippen LogP contribution in [0.1, 0.15) is 59.3 Å². The molecule has 0 unspecified atom stereocenters. The van der Waals surface area contributed by atoms with Gasteiger partial charge in [-0.3, -0.25) is 0 Å². The summed E-state index contributed by atoms with van der Waals surface area (Å²) in [5.41, 5.74) is 0.542. The molecule has 2 heterocycles. The molecule has 2 bridgehead atoms. The van der Waals surface area contributed by atoms with Crippen LogP contribution in [-0.4, -0.2) is 11.7 Å². The molecule has 2 saturated heterocycles. The Morgan fingerprint density at radius 1 is 1.08 bits per heavy atom. The van der Waals surface area contributed by atoms with Gasteiger partial charge in [-0.25, -0.2) is 0 Å². The summed E-state index contributed by atoms with van der Waals surface area (Å²) in [6, 6.07) is 0. The molecular weight excluding hydrogens is 160 g/mol. The number of hydrogen-bond acceptors (Lipinski definition) is 1. The first-order chi connectivity index (χ1) is 6.04. The quantitative estimate of drug-likeness (QED) is 0.557. The minimum absolute atomic E-state index is 0.216. The van der Waals surface area contributed by atoms with Gasteiger partial charge in [0.2, 0.25) is 0 Å². The van der Waals surface area contributed by atoms with Gasteiger partial charge >= 0.3 is 0 Å². The van der Waals surface area contributed by atoms with Crippen molar-refractivity contribution in [3.05, 3.63) is 0 Å². The minimum Gasteiger partial charge on any atom is -0.371 e. The highest BCUT2D eigenvalue weighted by Crippen LogP contribution is 2.49. The predicted molar refractivity (Wildman–Crippen MR) is 54.8 cm³/mol. The summed E-state index contributed by atoms with van der Waals surface area (Å²) < 4.78 is 6.27. The molecule has 1 heteroatoms. The van der Waals surface area contributed by atoms with E-state index in [-0.39, 0.29) is 5.60 Å². The zero-order valence-corrected chi connectivity index (χ0v) is 9.23. The maximum Gasteiger partial charge on any atom is 0.0734 e. The van der Waals surface area contributed by atoms with Crippen molar-refractivity contribution in [3.8, 4) is 0 Å². The lowest BCUT2D eigenvalue weighted by Crippen LogP contribution is -2.52. The Kier molecular flexibility index (Phi) is 2.18. The molecule has 2 fully saturated rings. The lowest BCUT2D eigenvalue weighted by molar-refractivity contribution is -0.208. The van der Waals surface area contributed by atoms with E-state index in [0.717, 1.165) is 0 Å². The lowest BCUT2D eigenvalue weighted by Gasteiger charge is -2.52. The summed E-state index contributed by atoms with van der Waals surface area (Å²) in [7, 11) is 0. The van der Waals surface area contributed by atoms with E-state index in [2.05, 4.69) is 20.8 Å². The van der Waals surface area contributed by atoms with Crippen molar-refractivity contribution in [3.63, 3.8) is 0 Å². The van der Waals surface area contributed by atoms with E-state index < -0.39 is 0 Å². The zero-order valence-electron chi connectivity index (χ0n) is 9.23. The second-order valence-corrected chi connectivity index (χ2v) is 5.77. The van der Waals surface area contributed by atoms with Crippen LogP contribution in [0.3, 0.4) is 0 Å². The third-order valence-electron chi connectivity index (χ3n) is 3.97. The smallest absolute Gasteiger partial charge is 0.0734 e. The van der Waals surface area contributed by atoms with E-state index in [1.165, 1.54) is 38.5 Å².